The summed E-state index contributed by atoms with van der Waals surface area (Å²) in [5, 5.41) is 9.15. The number of halogens is 2. The first-order valence-corrected chi connectivity index (χ1v) is 7.86. The number of carbonyl (C=O) groups excluding carboxylic acids is 1. The van der Waals surface area contributed by atoms with Crippen LogP contribution in [0.2, 0.25) is 0 Å². The molecule has 0 bridgehead atoms. The quantitative estimate of drug-likeness (QED) is 0.930. The van der Waals surface area contributed by atoms with Crippen molar-refractivity contribution in [3.05, 3.63) is 35.4 Å². The molecule has 1 aliphatic heterocycles. The molecule has 2 fully saturated rings. The Morgan fingerprint density at radius 2 is 2.00 bits per heavy atom. The van der Waals surface area contributed by atoms with Gasteiger partial charge in [-0.1, -0.05) is 0 Å². The highest BCUT2D eigenvalue weighted by atomic mass is 19.1. The molecule has 0 aromatic heterocycles. The van der Waals surface area contributed by atoms with Gasteiger partial charge in [0.1, 0.15) is 11.6 Å². The van der Waals surface area contributed by atoms with Crippen LogP contribution in [-0.4, -0.2) is 34.5 Å². The number of carboxylic acids is 1. The van der Waals surface area contributed by atoms with E-state index in [9.17, 15) is 18.4 Å². The van der Waals surface area contributed by atoms with Crippen LogP contribution in [0.1, 0.15) is 37.7 Å². The van der Waals surface area contributed by atoms with E-state index in [4.69, 9.17) is 5.11 Å². The number of hydrogen-bond donors (Lipinski definition) is 1. The van der Waals surface area contributed by atoms with Gasteiger partial charge in [0.15, 0.2) is 0 Å². The van der Waals surface area contributed by atoms with Crippen molar-refractivity contribution in [3.8, 4) is 0 Å². The topological polar surface area (TPSA) is 57.6 Å². The largest absolute Gasteiger partial charge is 0.481 e. The molecule has 1 N–H and O–H groups in total. The van der Waals surface area contributed by atoms with Crippen LogP contribution in [0.15, 0.2) is 18.2 Å². The first-order chi connectivity index (χ1) is 10.9. The maximum absolute atomic E-state index is 13.8. The van der Waals surface area contributed by atoms with Crippen LogP contribution < -0.4 is 0 Å². The highest BCUT2D eigenvalue weighted by Crippen LogP contribution is 2.50. The maximum atomic E-state index is 13.8. The van der Waals surface area contributed by atoms with E-state index in [1.54, 1.807) is 4.90 Å². The number of hydrogen-bond acceptors (Lipinski definition) is 2. The summed E-state index contributed by atoms with van der Waals surface area (Å²) in [6.07, 6.45) is 1.70. The molecule has 1 amide bonds. The number of piperidine rings is 1. The van der Waals surface area contributed by atoms with Crippen molar-refractivity contribution in [1.29, 1.82) is 0 Å². The first kappa shape index (κ1) is 15.9. The molecular formula is C17H19F2NO3. The lowest BCUT2D eigenvalue weighted by Gasteiger charge is -2.36. The van der Waals surface area contributed by atoms with Gasteiger partial charge in [0.05, 0.1) is 5.92 Å². The summed E-state index contributed by atoms with van der Waals surface area (Å²) in [6, 6.07) is 3.26. The molecule has 4 nitrogen and oxygen atoms in total. The second kappa shape index (κ2) is 5.91. The zero-order chi connectivity index (χ0) is 16.7. The van der Waals surface area contributed by atoms with E-state index in [0.717, 1.165) is 18.2 Å². The summed E-state index contributed by atoms with van der Waals surface area (Å²) in [5.74, 6) is -3.27. The van der Waals surface area contributed by atoms with Gasteiger partial charge < -0.3 is 10.0 Å². The normalized spacial score (nSPS) is 30.1. The third-order valence-electron chi connectivity index (χ3n) is 4.98. The van der Waals surface area contributed by atoms with Crippen molar-refractivity contribution in [3.63, 3.8) is 0 Å². The lowest BCUT2D eigenvalue weighted by molar-refractivity contribution is -0.147. The van der Waals surface area contributed by atoms with E-state index in [-0.39, 0.29) is 35.9 Å². The molecule has 1 aromatic rings. The third-order valence-corrected chi connectivity index (χ3v) is 4.98. The lowest BCUT2D eigenvalue weighted by Crippen LogP contribution is -2.48. The van der Waals surface area contributed by atoms with Gasteiger partial charge in [0.25, 0.3) is 0 Å². The van der Waals surface area contributed by atoms with E-state index in [2.05, 4.69) is 0 Å². The van der Waals surface area contributed by atoms with E-state index in [0.29, 0.717) is 19.3 Å². The highest BCUT2D eigenvalue weighted by molar-refractivity contribution is 5.84. The minimum absolute atomic E-state index is 0.0169. The Morgan fingerprint density at radius 1 is 1.26 bits per heavy atom. The highest BCUT2D eigenvalue weighted by Gasteiger charge is 2.48. The van der Waals surface area contributed by atoms with E-state index in [1.165, 1.54) is 0 Å². The first-order valence-electron chi connectivity index (χ1n) is 7.86. The number of aliphatic carboxylic acids is 1. The van der Waals surface area contributed by atoms with E-state index < -0.39 is 23.5 Å². The van der Waals surface area contributed by atoms with E-state index in [1.807, 2.05) is 6.92 Å². The molecule has 6 heteroatoms. The molecular weight excluding hydrogens is 304 g/mol. The summed E-state index contributed by atoms with van der Waals surface area (Å²) in [6.45, 7) is 2.10. The van der Waals surface area contributed by atoms with Gasteiger partial charge in [-0.3, -0.25) is 9.59 Å². The Labute approximate surface area is 133 Å². The monoisotopic (exact) mass is 323 g/mol. The molecule has 1 saturated heterocycles. The minimum atomic E-state index is -0.891. The number of nitrogens with zero attached hydrogens (tertiary/aromatic N) is 1. The molecule has 0 radical (unpaired) electrons. The Kier molecular flexibility index (Phi) is 4.08. The second-order valence-electron chi connectivity index (χ2n) is 6.57. The molecule has 3 rings (SSSR count). The Morgan fingerprint density at radius 3 is 2.70 bits per heavy atom. The fourth-order valence-electron chi connectivity index (χ4n) is 3.44. The summed E-state index contributed by atoms with van der Waals surface area (Å²) in [5.41, 5.74) is 0.239. The van der Waals surface area contributed by atoms with Crippen LogP contribution in [0.25, 0.3) is 0 Å². The number of rotatable bonds is 3. The van der Waals surface area contributed by atoms with Crippen LogP contribution in [0.4, 0.5) is 8.78 Å². The Hall–Kier alpha value is -1.98. The molecule has 2 aliphatic rings. The maximum Gasteiger partial charge on any atom is 0.308 e. The molecule has 4 atom stereocenters. The van der Waals surface area contributed by atoms with Gasteiger partial charge in [-0.25, -0.2) is 8.78 Å². The molecule has 124 valence electrons. The zero-order valence-corrected chi connectivity index (χ0v) is 12.8. The van der Waals surface area contributed by atoms with Crippen LogP contribution in [0, 0.1) is 23.5 Å². The van der Waals surface area contributed by atoms with E-state index >= 15 is 0 Å². The molecule has 1 aliphatic carbocycles. The van der Waals surface area contributed by atoms with Crippen LogP contribution in [-0.2, 0) is 9.59 Å². The molecule has 1 saturated carbocycles. The average molecular weight is 323 g/mol. The van der Waals surface area contributed by atoms with Gasteiger partial charge in [-0.2, -0.15) is 0 Å². The molecule has 4 unspecified atom stereocenters. The fraction of sp³-hybridized carbons (Fsp3) is 0.529. The predicted molar refractivity (Wildman–Crippen MR) is 78.7 cm³/mol. The van der Waals surface area contributed by atoms with Crippen LogP contribution >= 0.6 is 0 Å². The van der Waals surface area contributed by atoms with Gasteiger partial charge in [-0.15, -0.1) is 0 Å². The molecule has 1 aromatic carbocycles. The van der Waals surface area contributed by atoms with Gasteiger partial charge in [-0.05, 0) is 55.9 Å². The molecule has 23 heavy (non-hydrogen) atoms. The fourth-order valence-corrected chi connectivity index (χ4v) is 3.44. The van der Waals surface area contributed by atoms with Gasteiger partial charge in [0.2, 0.25) is 5.91 Å². The Balaban J connectivity index is 1.72. The summed E-state index contributed by atoms with van der Waals surface area (Å²) >= 11 is 0. The number of amides is 1. The zero-order valence-electron chi connectivity index (χ0n) is 12.8. The van der Waals surface area contributed by atoms with Crippen LogP contribution in [0.5, 0.6) is 0 Å². The number of benzene rings is 1. The Bertz CT molecular complexity index is 649. The number of carboxylic acid groups (broad SMARTS) is 1. The smallest absolute Gasteiger partial charge is 0.308 e. The average Bonchev–Trinajstić information content (AvgIpc) is 3.29. The molecule has 0 spiro atoms. The van der Waals surface area contributed by atoms with Crippen molar-refractivity contribution in [2.45, 2.75) is 38.1 Å². The SMILES string of the molecule is CC1CCC(C(=O)O)CN1C(=O)C1CC1c1cc(F)ccc1F. The summed E-state index contributed by atoms with van der Waals surface area (Å²) in [4.78, 5) is 25.4. The second-order valence-corrected chi connectivity index (χ2v) is 6.57. The predicted octanol–water partition coefficient (Wildman–Crippen LogP) is 2.78. The minimum Gasteiger partial charge on any atom is -0.481 e. The van der Waals surface area contributed by atoms with Crippen LogP contribution in [0.3, 0.4) is 0 Å². The summed E-state index contributed by atoms with van der Waals surface area (Å²) < 4.78 is 27.1. The van der Waals surface area contributed by atoms with Gasteiger partial charge >= 0.3 is 5.97 Å². The van der Waals surface area contributed by atoms with Crippen molar-refractivity contribution >= 4 is 11.9 Å². The van der Waals surface area contributed by atoms with Crippen molar-refractivity contribution in [2.75, 3.05) is 6.54 Å². The van der Waals surface area contributed by atoms with Crippen molar-refractivity contribution < 1.29 is 23.5 Å². The lowest BCUT2D eigenvalue weighted by atomic mass is 9.93. The number of likely N-dealkylation sites (tertiary alicyclic amines) is 1. The standard InChI is InChI=1S/C17H19F2NO3/c1-9-2-3-10(17(22)23)8-20(9)16(21)14-7-12(14)13-6-11(18)4-5-15(13)19/h4-6,9-10,12,14H,2-3,7-8H2,1H3,(H,22,23). The van der Waals surface area contributed by atoms with Crippen molar-refractivity contribution in [1.82, 2.24) is 4.90 Å². The molecule has 1 heterocycles. The summed E-state index contributed by atoms with van der Waals surface area (Å²) in [7, 11) is 0. The van der Waals surface area contributed by atoms with Crippen molar-refractivity contribution in [2.24, 2.45) is 11.8 Å². The number of carbonyl (C=O) groups is 2. The van der Waals surface area contributed by atoms with Gasteiger partial charge in [0, 0.05) is 18.5 Å². The third kappa shape index (κ3) is 3.07.